The van der Waals surface area contributed by atoms with Gasteiger partial charge in [0.2, 0.25) is 0 Å². The number of carbonyl (C=O) groups is 1. The Bertz CT molecular complexity index is 152. The molecule has 0 aliphatic rings. The Morgan fingerprint density at radius 1 is 1.60 bits per heavy atom. The first-order valence-corrected chi connectivity index (χ1v) is 2.50. The molecule has 58 valence electrons. The zero-order chi connectivity index (χ0) is 8.15. The van der Waals surface area contributed by atoms with Crippen LogP contribution in [0.1, 0.15) is 0 Å². The monoisotopic (exact) mass is 147 g/mol. The quantitative estimate of drug-likeness (QED) is 0.264. The van der Waals surface area contributed by atoms with Gasteiger partial charge in [0.15, 0.2) is 12.0 Å². The first-order valence-electron chi connectivity index (χ1n) is 2.50. The molecule has 6 N–H and O–H groups in total. The van der Waals surface area contributed by atoms with E-state index in [9.17, 15) is 4.79 Å². The molecule has 1 atom stereocenters. The number of guanidine groups is 1. The number of aliphatic hydroxyl groups excluding tert-OH is 1. The lowest BCUT2D eigenvalue weighted by molar-refractivity contribution is -0.139. The van der Waals surface area contributed by atoms with Gasteiger partial charge < -0.3 is 21.7 Å². The molecule has 0 saturated heterocycles. The van der Waals surface area contributed by atoms with Crippen molar-refractivity contribution >= 4 is 11.9 Å². The number of nitrogens with zero attached hydrogens (tertiary/aromatic N) is 1. The summed E-state index contributed by atoms with van der Waals surface area (Å²) in [6.45, 7) is -0.604. The molecule has 0 spiro atoms. The Morgan fingerprint density at radius 2 is 2.10 bits per heavy atom. The van der Waals surface area contributed by atoms with Crippen molar-refractivity contribution in [3.05, 3.63) is 0 Å². The van der Waals surface area contributed by atoms with Gasteiger partial charge in [0, 0.05) is 0 Å². The fraction of sp³-hybridized carbons (Fsp3) is 0.500. The third kappa shape index (κ3) is 2.88. The third-order valence-corrected chi connectivity index (χ3v) is 0.763. The summed E-state index contributed by atoms with van der Waals surface area (Å²) >= 11 is 0. The van der Waals surface area contributed by atoms with Crippen molar-refractivity contribution < 1.29 is 15.0 Å². The highest BCUT2D eigenvalue weighted by Crippen LogP contribution is 1.87. The fourth-order valence-corrected chi connectivity index (χ4v) is 0.354. The summed E-state index contributed by atoms with van der Waals surface area (Å²) in [7, 11) is 0. The van der Waals surface area contributed by atoms with Crippen LogP contribution in [0.15, 0.2) is 4.99 Å². The molecule has 0 radical (unpaired) electrons. The van der Waals surface area contributed by atoms with Crippen molar-refractivity contribution in [3.63, 3.8) is 0 Å². The second kappa shape index (κ2) is 3.67. The van der Waals surface area contributed by atoms with Gasteiger partial charge in [-0.05, 0) is 0 Å². The Balaban J connectivity index is 4.09. The lowest BCUT2D eigenvalue weighted by atomic mass is 10.3. The number of aliphatic hydroxyl groups is 1. The minimum absolute atomic E-state index is 0.346. The number of hydrogen-bond acceptors (Lipinski definition) is 3. The largest absolute Gasteiger partial charge is 0.480 e. The third-order valence-electron chi connectivity index (χ3n) is 0.763. The van der Waals surface area contributed by atoms with Gasteiger partial charge in [-0.2, -0.15) is 0 Å². The van der Waals surface area contributed by atoms with Crippen molar-refractivity contribution in [2.45, 2.75) is 6.04 Å². The van der Waals surface area contributed by atoms with Crippen molar-refractivity contribution in [2.75, 3.05) is 6.61 Å². The van der Waals surface area contributed by atoms with Crippen LogP contribution in [-0.2, 0) is 4.79 Å². The van der Waals surface area contributed by atoms with E-state index in [2.05, 4.69) is 4.99 Å². The maximum Gasteiger partial charge on any atom is 0.330 e. The fourth-order valence-electron chi connectivity index (χ4n) is 0.354. The van der Waals surface area contributed by atoms with Crippen LogP contribution in [0.2, 0.25) is 0 Å². The van der Waals surface area contributed by atoms with Gasteiger partial charge >= 0.3 is 5.97 Å². The smallest absolute Gasteiger partial charge is 0.330 e. The zero-order valence-corrected chi connectivity index (χ0v) is 5.19. The molecule has 0 aromatic carbocycles. The van der Waals surface area contributed by atoms with Gasteiger partial charge in [0.05, 0.1) is 6.61 Å². The van der Waals surface area contributed by atoms with Crippen LogP contribution in [0.4, 0.5) is 0 Å². The number of aliphatic imine (C=N–C) groups is 1. The molecule has 0 bridgehead atoms. The van der Waals surface area contributed by atoms with E-state index < -0.39 is 18.6 Å². The van der Waals surface area contributed by atoms with Crippen LogP contribution in [0, 0.1) is 0 Å². The highest BCUT2D eigenvalue weighted by Gasteiger charge is 2.13. The molecule has 0 fully saturated rings. The Labute approximate surface area is 57.2 Å². The van der Waals surface area contributed by atoms with Crippen LogP contribution in [-0.4, -0.2) is 34.8 Å². The zero-order valence-electron chi connectivity index (χ0n) is 5.19. The minimum atomic E-state index is -1.25. The summed E-state index contributed by atoms with van der Waals surface area (Å²) in [5.74, 6) is -1.60. The average Bonchev–Trinajstić information content (AvgIpc) is 1.81. The van der Waals surface area contributed by atoms with E-state index in [1.807, 2.05) is 0 Å². The number of carboxylic acids is 1. The van der Waals surface area contributed by atoms with Crippen LogP contribution >= 0.6 is 0 Å². The van der Waals surface area contributed by atoms with E-state index >= 15 is 0 Å². The molecular weight excluding hydrogens is 138 g/mol. The molecule has 6 nitrogen and oxygen atoms in total. The van der Waals surface area contributed by atoms with Crippen LogP contribution < -0.4 is 11.5 Å². The van der Waals surface area contributed by atoms with Gasteiger partial charge in [-0.25, -0.2) is 9.79 Å². The van der Waals surface area contributed by atoms with Crippen molar-refractivity contribution in [1.82, 2.24) is 0 Å². The summed E-state index contributed by atoms with van der Waals surface area (Å²) in [5.41, 5.74) is 9.72. The molecule has 0 aromatic heterocycles. The second-order valence-electron chi connectivity index (χ2n) is 1.59. The van der Waals surface area contributed by atoms with Crippen LogP contribution in [0.3, 0.4) is 0 Å². The molecule has 0 unspecified atom stereocenters. The Morgan fingerprint density at radius 3 is 2.20 bits per heavy atom. The molecule has 10 heavy (non-hydrogen) atoms. The van der Waals surface area contributed by atoms with Crippen molar-refractivity contribution in [2.24, 2.45) is 16.5 Å². The molecule has 0 aliphatic heterocycles. The average molecular weight is 147 g/mol. The Kier molecular flexibility index (Phi) is 3.20. The predicted octanol–water partition coefficient (Wildman–Crippen LogP) is -2.29. The van der Waals surface area contributed by atoms with E-state index in [4.69, 9.17) is 21.7 Å². The van der Waals surface area contributed by atoms with E-state index in [0.717, 1.165) is 0 Å². The lowest BCUT2D eigenvalue weighted by Crippen LogP contribution is -2.30. The Hall–Kier alpha value is -1.30. The summed E-state index contributed by atoms with van der Waals surface area (Å²) in [6, 6.07) is -1.25. The molecular formula is C4H9N3O3. The van der Waals surface area contributed by atoms with E-state index in [1.54, 1.807) is 0 Å². The number of carboxylic acid groups (broad SMARTS) is 1. The molecule has 6 heteroatoms. The number of rotatable bonds is 3. The van der Waals surface area contributed by atoms with Gasteiger partial charge in [-0.3, -0.25) is 0 Å². The standard InChI is InChI=1S/C4H9N3O3/c5-4(6)7-2(1-8)3(9)10/h2,8H,1H2,(H,9,10)(H4,5,6,7)/t2-/m1/s1. The maximum atomic E-state index is 10.1. The summed E-state index contributed by atoms with van der Waals surface area (Å²) < 4.78 is 0. The lowest BCUT2D eigenvalue weighted by Gasteiger charge is -2.01. The van der Waals surface area contributed by atoms with E-state index in [0.29, 0.717) is 0 Å². The minimum Gasteiger partial charge on any atom is -0.480 e. The molecule has 0 rings (SSSR count). The number of aliphatic carboxylic acids is 1. The van der Waals surface area contributed by atoms with Crippen molar-refractivity contribution in [1.29, 1.82) is 0 Å². The normalized spacial score (nSPS) is 12.1. The topological polar surface area (TPSA) is 122 Å². The van der Waals surface area contributed by atoms with Crippen LogP contribution in [0.5, 0.6) is 0 Å². The predicted molar refractivity (Wildman–Crippen MR) is 34.3 cm³/mol. The SMILES string of the molecule is NC(N)=N[C@H](CO)C(=O)O. The number of nitrogens with two attached hydrogens (primary N) is 2. The molecule has 0 heterocycles. The van der Waals surface area contributed by atoms with Crippen molar-refractivity contribution in [3.8, 4) is 0 Å². The highest BCUT2D eigenvalue weighted by atomic mass is 16.4. The summed E-state index contributed by atoms with van der Waals surface area (Å²) in [6.07, 6.45) is 0. The van der Waals surface area contributed by atoms with Gasteiger partial charge in [-0.1, -0.05) is 0 Å². The molecule has 0 saturated carbocycles. The van der Waals surface area contributed by atoms with E-state index in [1.165, 1.54) is 0 Å². The first kappa shape index (κ1) is 8.70. The maximum absolute atomic E-state index is 10.1. The van der Waals surface area contributed by atoms with Gasteiger partial charge in [-0.15, -0.1) is 0 Å². The number of hydrogen-bond donors (Lipinski definition) is 4. The van der Waals surface area contributed by atoms with Crippen LogP contribution in [0.25, 0.3) is 0 Å². The molecule has 0 aromatic rings. The molecule has 0 amide bonds. The summed E-state index contributed by atoms with van der Waals surface area (Å²) in [4.78, 5) is 13.3. The highest BCUT2D eigenvalue weighted by molar-refractivity contribution is 5.81. The molecule has 0 aliphatic carbocycles. The first-order chi connectivity index (χ1) is 4.57. The van der Waals surface area contributed by atoms with Gasteiger partial charge in [0.1, 0.15) is 0 Å². The second-order valence-corrected chi connectivity index (χ2v) is 1.59. The van der Waals surface area contributed by atoms with Gasteiger partial charge in [0.25, 0.3) is 0 Å². The van der Waals surface area contributed by atoms with E-state index in [-0.39, 0.29) is 5.96 Å². The summed E-state index contributed by atoms with van der Waals surface area (Å²) in [5, 5.41) is 16.6.